The summed E-state index contributed by atoms with van der Waals surface area (Å²) < 4.78 is 10.9. The van der Waals surface area contributed by atoms with Crippen molar-refractivity contribution in [3.05, 3.63) is 41.3 Å². The molecule has 0 spiro atoms. The molecule has 138 valence electrons. The highest BCUT2D eigenvalue weighted by Gasteiger charge is 2.31. The molecule has 1 N–H and O–H groups in total. The van der Waals surface area contributed by atoms with Gasteiger partial charge in [0.2, 0.25) is 6.79 Å². The van der Waals surface area contributed by atoms with Crippen molar-refractivity contribution in [2.45, 2.75) is 45.1 Å². The normalized spacial score (nSPS) is 22.1. The van der Waals surface area contributed by atoms with Crippen LogP contribution in [0.15, 0.2) is 24.3 Å². The van der Waals surface area contributed by atoms with Crippen molar-refractivity contribution in [2.24, 2.45) is 0 Å². The Balaban J connectivity index is 1.52. The van der Waals surface area contributed by atoms with Crippen LogP contribution in [0.2, 0.25) is 0 Å². The van der Waals surface area contributed by atoms with Crippen molar-refractivity contribution in [3.8, 4) is 11.5 Å². The van der Waals surface area contributed by atoms with E-state index in [1.165, 1.54) is 0 Å². The minimum atomic E-state index is -0.457. The molecular formula is C20H25N3O3. The summed E-state index contributed by atoms with van der Waals surface area (Å²) in [7, 11) is 0. The average Bonchev–Trinajstić information content (AvgIpc) is 3.08. The summed E-state index contributed by atoms with van der Waals surface area (Å²) in [4.78, 5) is 11.4. The second-order valence-corrected chi connectivity index (χ2v) is 7.40. The molecule has 6 heteroatoms. The van der Waals surface area contributed by atoms with Gasteiger partial charge < -0.3 is 19.5 Å². The maximum Gasteiger partial charge on any atom is 0.231 e. The van der Waals surface area contributed by atoms with Gasteiger partial charge in [0.15, 0.2) is 11.5 Å². The van der Waals surface area contributed by atoms with Crippen LogP contribution < -0.4 is 14.4 Å². The highest BCUT2D eigenvalue weighted by Crippen LogP contribution is 2.38. The van der Waals surface area contributed by atoms with Gasteiger partial charge in [-0.25, -0.2) is 9.97 Å². The van der Waals surface area contributed by atoms with Gasteiger partial charge in [0.1, 0.15) is 11.6 Å². The van der Waals surface area contributed by atoms with E-state index in [4.69, 9.17) is 14.5 Å². The van der Waals surface area contributed by atoms with Crippen LogP contribution in [0, 0.1) is 6.92 Å². The summed E-state index contributed by atoms with van der Waals surface area (Å²) in [5, 5.41) is 10.8. The standard InChI is InChI=1S/C20H25N3O3/c1-12(2)20-21-13(3)8-19(22-20)23-7-6-15(16(24)10-23)14-4-5-17-18(9-14)26-11-25-17/h4-5,8-9,12,15-16,24H,6-7,10-11H2,1-3H3/t15-,16+/m0/s1. The Morgan fingerprint density at radius 2 is 1.96 bits per heavy atom. The molecule has 1 saturated heterocycles. The van der Waals surface area contributed by atoms with E-state index in [0.29, 0.717) is 6.54 Å². The van der Waals surface area contributed by atoms with Gasteiger partial charge in [-0.15, -0.1) is 0 Å². The average molecular weight is 355 g/mol. The molecule has 0 radical (unpaired) electrons. The maximum atomic E-state index is 10.8. The van der Waals surface area contributed by atoms with Crippen molar-refractivity contribution in [2.75, 3.05) is 24.8 Å². The van der Waals surface area contributed by atoms with Crippen LogP contribution in [-0.4, -0.2) is 41.1 Å². The van der Waals surface area contributed by atoms with E-state index in [1.54, 1.807) is 0 Å². The van der Waals surface area contributed by atoms with Gasteiger partial charge in [0.05, 0.1) is 6.10 Å². The Morgan fingerprint density at radius 3 is 2.73 bits per heavy atom. The molecule has 0 aliphatic carbocycles. The van der Waals surface area contributed by atoms with Crippen molar-refractivity contribution in [3.63, 3.8) is 0 Å². The van der Waals surface area contributed by atoms with Crippen LogP contribution in [0.1, 0.15) is 49.2 Å². The number of aliphatic hydroxyl groups excluding tert-OH is 1. The van der Waals surface area contributed by atoms with E-state index in [0.717, 1.165) is 47.4 Å². The third-order valence-electron chi connectivity index (χ3n) is 5.11. The summed E-state index contributed by atoms with van der Waals surface area (Å²) in [6.07, 6.45) is 0.405. The first-order chi connectivity index (χ1) is 12.5. The highest BCUT2D eigenvalue weighted by molar-refractivity contribution is 5.47. The highest BCUT2D eigenvalue weighted by atomic mass is 16.7. The number of aromatic nitrogens is 2. The van der Waals surface area contributed by atoms with E-state index in [1.807, 2.05) is 31.2 Å². The Bertz CT molecular complexity index is 809. The fraction of sp³-hybridized carbons (Fsp3) is 0.500. The monoisotopic (exact) mass is 355 g/mol. The molecule has 6 nitrogen and oxygen atoms in total. The van der Waals surface area contributed by atoms with Crippen LogP contribution in [0.3, 0.4) is 0 Å². The number of anilines is 1. The van der Waals surface area contributed by atoms with Crippen molar-refractivity contribution in [1.29, 1.82) is 0 Å². The van der Waals surface area contributed by atoms with Gasteiger partial charge in [-0.05, 0) is 31.0 Å². The fourth-order valence-corrected chi connectivity index (χ4v) is 3.67. The molecule has 0 bridgehead atoms. The van der Waals surface area contributed by atoms with Crippen molar-refractivity contribution in [1.82, 2.24) is 9.97 Å². The first-order valence-electron chi connectivity index (χ1n) is 9.19. The van der Waals surface area contributed by atoms with E-state index >= 15 is 0 Å². The lowest BCUT2D eigenvalue weighted by Gasteiger charge is -2.37. The van der Waals surface area contributed by atoms with Gasteiger partial charge in [-0.2, -0.15) is 0 Å². The molecule has 2 aromatic rings. The molecule has 2 atom stereocenters. The molecule has 2 aliphatic heterocycles. The Labute approximate surface area is 153 Å². The number of piperidine rings is 1. The molecule has 4 rings (SSSR count). The largest absolute Gasteiger partial charge is 0.454 e. The summed E-state index contributed by atoms with van der Waals surface area (Å²) >= 11 is 0. The number of hydrogen-bond acceptors (Lipinski definition) is 6. The molecule has 1 fully saturated rings. The summed E-state index contributed by atoms with van der Waals surface area (Å²) in [6.45, 7) is 7.87. The van der Waals surface area contributed by atoms with Crippen LogP contribution in [0.4, 0.5) is 5.82 Å². The Hall–Kier alpha value is -2.34. The molecule has 1 aromatic carbocycles. The van der Waals surface area contributed by atoms with Crippen molar-refractivity contribution < 1.29 is 14.6 Å². The number of aliphatic hydroxyl groups is 1. The van der Waals surface area contributed by atoms with Crippen LogP contribution in [0.25, 0.3) is 0 Å². The van der Waals surface area contributed by atoms with E-state index in [9.17, 15) is 5.11 Å². The minimum Gasteiger partial charge on any atom is -0.454 e. The zero-order valence-electron chi connectivity index (χ0n) is 15.5. The van der Waals surface area contributed by atoms with Crippen LogP contribution >= 0.6 is 0 Å². The minimum absolute atomic E-state index is 0.0910. The number of benzene rings is 1. The maximum absolute atomic E-state index is 10.8. The first kappa shape index (κ1) is 17.1. The summed E-state index contributed by atoms with van der Waals surface area (Å²) in [5.41, 5.74) is 2.06. The fourth-order valence-electron chi connectivity index (χ4n) is 3.67. The zero-order chi connectivity index (χ0) is 18.3. The number of hydrogen-bond donors (Lipinski definition) is 1. The molecule has 2 aliphatic rings. The van der Waals surface area contributed by atoms with Gasteiger partial charge >= 0.3 is 0 Å². The number of ether oxygens (including phenoxy) is 2. The molecule has 0 unspecified atom stereocenters. The van der Waals surface area contributed by atoms with Gasteiger partial charge in [0, 0.05) is 36.7 Å². The number of nitrogens with zero attached hydrogens (tertiary/aromatic N) is 3. The van der Waals surface area contributed by atoms with Gasteiger partial charge in [-0.3, -0.25) is 0 Å². The van der Waals surface area contributed by atoms with E-state index in [-0.39, 0.29) is 18.6 Å². The summed E-state index contributed by atoms with van der Waals surface area (Å²) in [5.74, 6) is 3.68. The predicted molar refractivity (Wildman–Crippen MR) is 99.0 cm³/mol. The van der Waals surface area contributed by atoms with Crippen molar-refractivity contribution >= 4 is 5.82 Å². The lowest BCUT2D eigenvalue weighted by Crippen LogP contribution is -2.43. The Kier molecular flexibility index (Phi) is 4.44. The third kappa shape index (κ3) is 3.21. The number of aryl methyl sites for hydroxylation is 1. The van der Waals surface area contributed by atoms with Crippen LogP contribution in [-0.2, 0) is 0 Å². The molecule has 26 heavy (non-hydrogen) atoms. The van der Waals surface area contributed by atoms with Gasteiger partial charge in [0.25, 0.3) is 0 Å². The predicted octanol–water partition coefficient (Wildman–Crippen LogP) is 2.99. The number of rotatable bonds is 3. The quantitative estimate of drug-likeness (QED) is 0.913. The molecule has 1 aromatic heterocycles. The molecule has 0 amide bonds. The van der Waals surface area contributed by atoms with Gasteiger partial charge in [-0.1, -0.05) is 19.9 Å². The smallest absolute Gasteiger partial charge is 0.231 e. The second-order valence-electron chi connectivity index (χ2n) is 7.40. The number of β-amino-alcohol motifs (C(OH)–C–C–N with tert-alkyl or cyclic N) is 1. The Morgan fingerprint density at radius 1 is 1.15 bits per heavy atom. The molecule has 3 heterocycles. The number of fused-ring (bicyclic) bond motifs is 1. The first-order valence-corrected chi connectivity index (χ1v) is 9.19. The lowest BCUT2D eigenvalue weighted by atomic mass is 9.87. The van der Waals surface area contributed by atoms with E-state index < -0.39 is 6.10 Å². The lowest BCUT2D eigenvalue weighted by molar-refractivity contribution is 0.129. The van der Waals surface area contributed by atoms with E-state index in [2.05, 4.69) is 23.7 Å². The second kappa shape index (κ2) is 6.76. The summed E-state index contributed by atoms with van der Waals surface area (Å²) in [6, 6.07) is 7.96. The topological polar surface area (TPSA) is 67.7 Å². The van der Waals surface area contributed by atoms with Crippen LogP contribution in [0.5, 0.6) is 11.5 Å². The third-order valence-corrected chi connectivity index (χ3v) is 5.11. The zero-order valence-corrected chi connectivity index (χ0v) is 15.5. The molecule has 0 saturated carbocycles. The SMILES string of the molecule is Cc1cc(N2CC[C@@H](c3ccc4c(c3)OCO4)[C@H](O)C2)nc(C(C)C)n1. The molecular weight excluding hydrogens is 330 g/mol.